The van der Waals surface area contributed by atoms with Crippen LogP contribution in [0.5, 0.6) is 11.5 Å². The molecule has 0 saturated heterocycles. The van der Waals surface area contributed by atoms with Crippen molar-refractivity contribution in [3.05, 3.63) is 141 Å². The first kappa shape index (κ1) is 33.8. The number of nitro groups is 1. The topological polar surface area (TPSA) is 116 Å². The Bertz CT molecular complexity index is 2310. The highest BCUT2D eigenvalue weighted by Crippen LogP contribution is 2.40. The van der Waals surface area contributed by atoms with Crippen LogP contribution in [-0.2, 0) is 11.4 Å². The van der Waals surface area contributed by atoms with Gasteiger partial charge in [-0.25, -0.2) is 4.99 Å². The third-order valence-electron chi connectivity index (χ3n) is 8.53. The maximum absolute atomic E-state index is 14.6. The van der Waals surface area contributed by atoms with Crippen molar-refractivity contribution in [2.45, 2.75) is 33.4 Å². The van der Waals surface area contributed by atoms with Crippen LogP contribution in [0.1, 0.15) is 43.5 Å². The van der Waals surface area contributed by atoms with Crippen LogP contribution in [0.3, 0.4) is 0 Å². The molecule has 0 fully saturated rings. The van der Waals surface area contributed by atoms with Gasteiger partial charge >= 0.3 is 0 Å². The number of carbonyl (C=O) groups is 1. The number of amides is 1. The lowest BCUT2D eigenvalue weighted by Crippen LogP contribution is -2.43. The van der Waals surface area contributed by atoms with Crippen molar-refractivity contribution in [1.82, 2.24) is 9.47 Å². The molecule has 1 aliphatic rings. The molecule has 250 valence electrons. The van der Waals surface area contributed by atoms with Gasteiger partial charge in [-0.1, -0.05) is 57.6 Å². The lowest BCUT2D eigenvalue weighted by molar-refractivity contribution is -0.384. The first-order valence-electron chi connectivity index (χ1n) is 15.7. The maximum atomic E-state index is 14.6. The van der Waals surface area contributed by atoms with Gasteiger partial charge < -0.3 is 14.4 Å². The summed E-state index contributed by atoms with van der Waals surface area (Å²) in [4.78, 5) is 46.5. The van der Waals surface area contributed by atoms with E-state index < -0.39 is 11.0 Å². The molecule has 4 aromatic carbocycles. The summed E-state index contributed by atoms with van der Waals surface area (Å²) in [6.07, 6.45) is 1.77. The third kappa shape index (κ3) is 6.53. The molecule has 0 N–H and O–H groups in total. The summed E-state index contributed by atoms with van der Waals surface area (Å²) >= 11 is 4.78. The summed E-state index contributed by atoms with van der Waals surface area (Å²) in [5, 5.41) is 12.9. The van der Waals surface area contributed by atoms with Gasteiger partial charge in [0.25, 0.3) is 17.2 Å². The number of allylic oxidation sites excluding steroid dienone is 1. The van der Waals surface area contributed by atoms with Crippen molar-refractivity contribution in [3.8, 4) is 11.5 Å². The average Bonchev–Trinajstić information content (AvgIpc) is 3.40. The minimum Gasteiger partial charge on any atom is -0.496 e. The smallest absolute Gasteiger partial charge is 0.271 e. The van der Waals surface area contributed by atoms with Crippen molar-refractivity contribution in [2.24, 2.45) is 4.99 Å². The quantitative estimate of drug-likeness (QED) is 0.119. The second-order valence-electron chi connectivity index (χ2n) is 11.4. The van der Waals surface area contributed by atoms with E-state index in [1.165, 1.54) is 23.5 Å². The number of aromatic nitrogens is 1. The van der Waals surface area contributed by atoms with Crippen LogP contribution in [0, 0.1) is 10.1 Å². The van der Waals surface area contributed by atoms with Gasteiger partial charge in [-0.15, -0.1) is 0 Å². The van der Waals surface area contributed by atoms with E-state index in [0.29, 0.717) is 56.3 Å². The fourth-order valence-electron chi connectivity index (χ4n) is 6.06. The van der Waals surface area contributed by atoms with E-state index in [1.807, 2.05) is 69.3 Å². The Morgan fingerprint density at radius 2 is 1.78 bits per heavy atom. The van der Waals surface area contributed by atoms with Crippen molar-refractivity contribution in [1.29, 1.82) is 0 Å². The minimum atomic E-state index is -0.798. The Kier molecular flexibility index (Phi) is 9.79. The summed E-state index contributed by atoms with van der Waals surface area (Å²) in [7, 11) is 1.59. The predicted octanol–water partition coefficient (Wildman–Crippen LogP) is 6.52. The Labute approximate surface area is 294 Å². The molecule has 0 bridgehead atoms. The first-order valence-corrected chi connectivity index (χ1v) is 17.3. The lowest BCUT2D eigenvalue weighted by atomic mass is 9.90. The molecule has 1 aromatic heterocycles. The Balaban J connectivity index is 1.52. The molecule has 0 spiro atoms. The molecule has 1 amide bonds. The Hall–Kier alpha value is -5.07. The number of likely N-dealkylation sites (N-methyl/N-ethyl adjacent to an activating group) is 1. The second-order valence-corrected chi connectivity index (χ2v) is 13.3. The van der Waals surface area contributed by atoms with Gasteiger partial charge in [-0.2, -0.15) is 0 Å². The number of benzene rings is 4. The van der Waals surface area contributed by atoms with Crippen LogP contribution in [-0.4, -0.2) is 40.5 Å². The minimum absolute atomic E-state index is 0.0000654. The highest BCUT2D eigenvalue weighted by atomic mass is 79.9. The van der Waals surface area contributed by atoms with E-state index in [0.717, 1.165) is 20.8 Å². The number of fused-ring (bicyclic) bond motifs is 2. The molecule has 0 aliphatic carbocycles. The number of carbonyl (C=O) groups excluding carboxylic acids is 1. The van der Waals surface area contributed by atoms with Crippen LogP contribution in [0.15, 0.2) is 104 Å². The fourth-order valence-corrected chi connectivity index (χ4v) is 7.48. The molecule has 1 atom stereocenters. The van der Waals surface area contributed by atoms with Crippen LogP contribution in [0.4, 0.5) is 5.69 Å². The molecule has 10 nitrogen and oxygen atoms in total. The summed E-state index contributed by atoms with van der Waals surface area (Å²) in [6, 6.07) is 22.6. The molecule has 49 heavy (non-hydrogen) atoms. The number of hydrogen-bond acceptors (Lipinski definition) is 8. The summed E-state index contributed by atoms with van der Waals surface area (Å²) < 4.78 is 14.9. The van der Waals surface area contributed by atoms with Crippen molar-refractivity contribution >= 4 is 55.7 Å². The van der Waals surface area contributed by atoms with Crippen molar-refractivity contribution in [3.63, 3.8) is 0 Å². The SMILES string of the molecule is CCN(CC)C(=O)C1=C(C)N=c2s/c(=C/c3cc(Br)ccc3OCc3ccc([N+](=O)[O-])cc3)c(=O)n2[C@@H]1c1c(OC)ccc2ccccc12. The molecule has 0 saturated carbocycles. The number of nitrogens with zero attached hydrogens (tertiary/aromatic N) is 4. The van der Waals surface area contributed by atoms with Gasteiger partial charge in [0.1, 0.15) is 24.1 Å². The zero-order valence-electron chi connectivity index (χ0n) is 27.3. The molecule has 12 heteroatoms. The largest absolute Gasteiger partial charge is 0.496 e. The van der Waals surface area contributed by atoms with Gasteiger partial charge in [0.05, 0.1) is 27.8 Å². The summed E-state index contributed by atoms with van der Waals surface area (Å²) in [6.45, 7) is 6.84. The number of non-ortho nitro benzene ring substituents is 1. The average molecular weight is 742 g/mol. The van der Waals surface area contributed by atoms with Gasteiger partial charge in [0.15, 0.2) is 4.80 Å². The zero-order valence-corrected chi connectivity index (χ0v) is 29.7. The maximum Gasteiger partial charge on any atom is 0.271 e. The third-order valence-corrected chi connectivity index (χ3v) is 10.0. The summed E-state index contributed by atoms with van der Waals surface area (Å²) in [5.74, 6) is 0.898. The van der Waals surface area contributed by atoms with Gasteiger partial charge in [0, 0.05) is 40.8 Å². The van der Waals surface area contributed by atoms with E-state index >= 15 is 0 Å². The van der Waals surface area contributed by atoms with E-state index in [9.17, 15) is 19.7 Å². The highest BCUT2D eigenvalue weighted by molar-refractivity contribution is 9.10. The lowest BCUT2D eigenvalue weighted by Gasteiger charge is -2.30. The first-order chi connectivity index (χ1) is 23.6. The normalized spacial score (nSPS) is 14.4. The monoisotopic (exact) mass is 740 g/mol. The van der Waals surface area contributed by atoms with E-state index in [1.54, 1.807) is 40.9 Å². The predicted molar refractivity (Wildman–Crippen MR) is 194 cm³/mol. The molecule has 2 heterocycles. The van der Waals surface area contributed by atoms with E-state index in [2.05, 4.69) is 15.9 Å². The van der Waals surface area contributed by atoms with E-state index in [4.69, 9.17) is 14.5 Å². The molecule has 0 radical (unpaired) electrons. The second kappa shape index (κ2) is 14.2. The van der Waals surface area contributed by atoms with Gasteiger partial charge in [-0.3, -0.25) is 24.3 Å². The van der Waals surface area contributed by atoms with Crippen LogP contribution in [0.2, 0.25) is 0 Å². The van der Waals surface area contributed by atoms with Gasteiger partial charge in [-0.05, 0) is 79.6 Å². The van der Waals surface area contributed by atoms with Crippen molar-refractivity contribution in [2.75, 3.05) is 20.2 Å². The molecule has 1 aliphatic heterocycles. The number of ether oxygens (including phenoxy) is 2. The standard InChI is InChI=1S/C37H33BrN4O6S/c1-5-40(6-2)36(44)32-22(3)39-37-41(34(32)33-28-10-8-7-9-24(28)13-17-30(33)47-4)35(43)31(49-37)20-25-19-26(38)14-18-29(25)48-21-23-11-15-27(16-12-23)42(45)46/h7-20,34H,5-6,21H2,1-4H3/b31-20+/t34-/m0/s1. The van der Waals surface area contributed by atoms with Crippen LogP contribution >= 0.6 is 27.3 Å². The number of methoxy groups -OCH3 is 1. The zero-order chi connectivity index (χ0) is 34.8. The number of hydrogen-bond donors (Lipinski definition) is 0. The molecular formula is C37H33BrN4O6S. The Morgan fingerprint density at radius 3 is 2.47 bits per heavy atom. The van der Waals surface area contributed by atoms with Crippen LogP contribution < -0.4 is 24.4 Å². The number of halogens is 1. The van der Waals surface area contributed by atoms with Crippen molar-refractivity contribution < 1.29 is 19.2 Å². The molecule has 0 unspecified atom stereocenters. The molecular weight excluding hydrogens is 708 g/mol. The van der Waals surface area contributed by atoms with Gasteiger partial charge in [0.2, 0.25) is 0 Å². The summed E-state index contributed by atoms with van der Waals surface area (Å²) in [5.41, 5.74) is 2.78. The number of rotatable bonds is 10. The Morgan fingerprint density at radius 1 is 1.06 bits per heavy atom. The van der Waals surface area contributed by atoms with Crippen LogP contribution in [0.25, 0.3) is 16.8 Å². The molecule has 5 aromatic rings. The number of nitro benzene ring substituents is 1. The van der Waals surface area contributed by atoms with E-state index in [-0.39, 0.29) is 23.8 Å². The molecule has 6 rings (SSSR count). The fraction of sp³-hybridized carbons (Fsp3) is 0.216. The highest BCUT2D eigenvalue weighted by Gasteiger charge is 2.36. The number of thiazole rings is 1.